The summed E-state index contributed by atoms with van der Waals surface area (Å²) in [6.45, 7) is 2.78. The van der Waals surface area contributed by atoms with Gasteiger partial charge in [-0.2, -0.15) is 23.0 Å². The molecule has 0 radical (unpaired) electrons. The molecule has 1 amide bonds. The van der Waals surface area contributed by atoms with Crippen molar-refractivity contribution < 1.29 is 18.0 Å². The summed E-state index contributed by atoms with van der Waals surface area (Å²) in [6.07, 6.45) is 2.13. The summed E-state index contributed by atoms with van der Waals surface area (Å²) in [6, 6.07) is 1.91. The molecule has 0 unspecified atom stereocenters. The normalized spacial score (nSPS) is 18.1. The van der Waals surface area contributed by atoms with Gasteiger partial charge < -0.3 is 9.80 Å². The smallest absolute Gasteiger partial charge is 0.369 e. The minimum absolute atomic E-state index is 0.0344. The first-order chi connectivity index (χ1) is 15.3. The van der Waals surface area contributed by atoms with E-state index in [-0.39, 0.29) is 22.7 Å². The van der Waals surface area contributed by atoms with Crippen molar-refractivity contribution in [3.63, 3.8) is 0 Å². The van der Waals surface area contributed by atoms with Crippen molar-refractivity contribution in [1.82, 2.24) is 19.7 Å². The highest BCUT2D eigenvalue weighted by Gasteiger charge is 2.32. The van der Waals surface area contributed by atoms with Crippen LogP contribution in [0.25, 0.3) is 5.82 Å². The Hall–Kier alpha value is -2.62. The fourth-order valence-corrected chi connectivity index (χ4v) is 4.47. The molecule has 4 heterocycles. The number of hydrogen-bond donors (Lipinski definition) is 0. The standard InChI is InChI=1S/C21H23ClF3N5O2/c22-18-16(28-10-6-14(7-11-28)19(31)29-8-2-1-3-9-29)13-27-30(20(18)32)17-5-4-15(12-26-17)21(23,24)25/h4-5,12-14H,1-3,6-11H2. The second-order valence-corrected chi connectivity index (χ2v) is 8.49. The number of halogens is 4. The number of rotatable bonds is 3. The van der Waals surface area contributed by atoms with Gasteiger partial charge in [-0.3, -0.25) is 9.59 Å². The zero-order valence-electron chi connectivity index (χ0n) is 17.3. The molecule has 2 aliphatic heterocycles. The fourth-order valence-electron chi connectivity index (χ4n) is 4.23. The van der Waals surface area contributed by atoms with Crippen molar-refractivity contribution >= 4 is 23.2 Å². The molecule has 2 aliphatic rings. The van der Waals surface area contributed by atoms with Crippen LogP contribution in [0.15, 0.2) is 29.3 Å². The second-order valence-electron chi connectivity index (χ2n) is 8.11. The minimum atomic E-state index is -4.52. The first-order valence-corrected chi connectivity index (χ1v) is 11.0. The lowest BCUT2D eigenvalue weighted by molar-refractivity contribution is -0.138. The van der Waals surface area contributed by atoms with E-state index in [1.54, 1.807) is 0 Å². The number of aromatic nitrogens is 3. The van der Waals surface area contributed by atoms with Gasteiger partial charge in [0.25, 0.3) is 5.56 Å². The van der Waals surface area contributed by atoms with Crippen LogP contribution in [0.5, 0.6) is 0 Å². The van der Waals surface area contributed by atoms with Gasteiger partial charge in [0.1, 0.15) is 5.02 Å². The Labute approximate surface area is 187 Å². The molecule has 0 atom stereocenters. The average Bonchev–Trinajstić information content (AvgIpc) is 2.81. The number of carbonyl (C=O) groups excluding carboxylic acids is 1. The van der Waals surface area contributed by atoms with E-state index in [1.807, 2.05) is 9.80 Å². The van der Waals surface area contributed by atoms with E-state index < -0.39 is 17.3 Å². The number of amides is 1. The van der Waals surface area contributed by atoms with Crippen LogP contribution < -0.4 is 10.5 Å². The van der Waals surface area contributed by atoms with E-state index in [9.17, 15) is 22.8 Å². The van der Waals surface area contributed by atoms with Gasteiger partial charge in [-0.15, -0.1) is 0 Å². The van der Waals surface area contributed by atoms with Crippen molar-refractivity contribution in [1.29, 1.82) is 0 Å². The predicted molar refractivity (Wildman–Crippen MR) is 113 cm³/mol. The Kier molecular flexibility index (Phi) is 6.41. The number of piperidine rings is 2. The molecular weight excluding hydrogens is 447 g/mol. The molecule has 0 N–H and O–H groups in total. The highest BCUT2D eigenvalue weighted by molar-refractivity contribution is 6.33. The summed E-state index contributed by atoms with van der Waals surface area (Å²) in [4.78, 5) is 33.0. The molecule has 11 heteroatoms. The van der Waals surface area contributed by atoms with Gasteiger partial charge in [0.15, 0.2) is 5.82 Å². The summed E-state index contributed by atoms with van der Waals surface area (Å²) >= 11 is 6.31. The molecule has 0 aromatic carbocycles. The molecule has 2 saturated heterocycles. The molecule has 2 aromatic rings. The maximum Gasteiger partial charge on any atom is 0.417 e. The van der Waals surface area contributed by atoms with Crippen LogP contribution in [0.1, 0.15) is 37.7 Å². The first kappa shape index (κ1) is 22.6. The molecule has 2 aromatic heterocycles. The predicted octanol–water partition coefficient (Wildman–Crippen LogP) is 3.53. The fraction of sp³-hybridized carbons (Fsp3) is 0.524. The number of anilines is 1. The van der Waals surface area contributed by atoms with Gasteiger partial charge in [-0.05, 0) is 44.2 Å². The number of alkyl halides is 3. The molecule has 0 saturated carbocycles. The maximum absolute atomic E-state index is 12.7. The Morgan fingerprint density at radius 3 is 2.31 bits per heavy atom. The monoisotopic (exact) mass is 469 g/mol. The molecule has 32 heavy (non-hydrogen) atoms. The van der Waals surface area contributed by atoms with Crippen LogP contribution in [-0.4, -0.2) is 51.8 Å². The summed E-state index contributed by atoms with van der Waals surface area (Å²) in [5.74, 6) is 0.118. The zero-order valence-corrected chi connectivity index (χ0v) is 18.1. The van der Waals surface area contributed by atoms with Crippen molar-refractivity contribution in [2.24, 2.45) is 5.92 Å². The molecule has 0 spiro atoms. The second kappa shape index (κ2) is 9.09. The van der Waals surface area contributed by atoms with Gasteiger partial charge in [0, 0.05) is 38.3 Å². The van der Waals surface area contributed by atoms with Crippen LogP contribution in [-0.2, 0) is 11.0 Å². The summed E-state index contributed by atoms with van der Waals surface area (Å²) < 4.78 is 39.1. The molecule has 0 aliphatic carbocycles. The SMILES string of the molecule is O=C(C1CCN(c2cnn(-c3ccc(C(F)(F)F)cn3)c(=O)c2Cl)CC1)N1CCCCC1. The Balaban J connectivity index is 1.46. The van der Waals surface area contributed by atoms with Crippen LogP contribution in [0.2, 0.25) is 5.02 Å². The van der Waals surface area contributed by atoms with E-state index in [0.717, 1.165) is 42.7 Å². The lowest BCUT2D eigenvalue weighted by Crippen LogP contribution is -2.44. The van der Waals surface area contributed by atoms with Crippen LogP contribution in [0.3, 0.4) is 0 Å². The third-order valence-electron chi connectivity index (χ3n) is 6.05. The highest BCUT2D eigenvalue weighted by Crippen LogP contribution is 2.30. The van der Waals surface area contributed by atoms with E-state index in [4.69, 9.17) is 11.6 Å². The van der Waals surface area contributed by atoms with Crippen LogP contribution in [0.4, 0.5) is 18.9 Å². The topological polar surface area (TPSA) is 71.3 Å². The third-order valence-corrected chi connectivity index (χ3v) is 6.40. The number of hydrogen-bond acceptors (Lipinski definition) is 5. The maximum atomic E-state index is 12.7. The van der Waals surface area contributed by atoms with Crippen molar-refractivity contribution in [3.05, 3.63) is 45.5 Å². The molecule has 7 nitrogen and oxygen atoms in total. The van der Waals surface area contributed by atoms with Gasteiger partial charge in [0.05, 0.1) is 17.4 Å². The number of nitrogens with zero attached hydrogens (tertiary/aromatic N) is 5. The van der Waals surface area contributed by atoms with E-state index >= 15 is 0 Å². The van der Waals surface area contributed by atoms with Crippen molar-refractivity contribution in [3.8, 4) is 5.82 Å². The summed E-state index contributed by atoms with van der Waals surface area (Å²) in [7, 11) is 0. The first-order valence-electron chi connectivity index (χ1n) is 10.6. The van der Waals surface area contributed by atoms with E-state index in [1.165, 1.54) is 12.6 Å². The van der Waals surface area contributed by atoms with E-state index in [2.05, 4.69) is 10.1 Å². The van der Waals surface area contributed by atoms with Crippen LogP contribution >= 0.6 is 11.6 Å². The summed E-state index contributed by atoms with van der Waals surface area (Å²) in [5, 5.41) is 3.98. The largest absolute Gasteiger partial charge is 0.417 e. The average molecular weight is 470 g/mol. The Bertz CT molecular complexity index is 1030. The third kappa shape index (κ3) is 4.60. The quantitative estimate of drug-likeness (QED) is 0.687. The molecule has 2 fully saturated rings. The Morgan fingerprint density at radius 2 is 1.72 bits per heavy atom. The van der Waals surface area contributed by atoms with Crippen molar-refractivity contribution in [2.45, 2.75) is 38.3 Å². The Morgan fingerprint density at radius 1 is 1.03 bits per heavy atom. The molecule has 4 rings (SSSR count). The summed E-state index contributed by atoms with van der Waals surface area (Å²) in [5.41, 5.74) is -1.13. The van der Waals surface area contributed by atoms with E-state index in [0.29, 0.717) is 37.8 Å². The highest BCUT2D eigenvalue weighted by atomic mass is 35.5. The molecule has 172 valence electrons. The van der Waals surface area contributed by atoms with Crippen LogP contribution in [0, 0.1) is 5.92 Å². The zero-order chi connectivity index (χ0) is 22.9. The number of likely N-dealkylation sites (tertiary alicyclic amines) is 1. The molecule has 0 bridgehead atoms. The minimum Gasteiger partial charge on any atom is -0.369 e. The van der Waals surface area contributed by atoms with Gasteiger partial charge >= 0.3 is 6.18 Å². The van der Waals surface area contributed by atoms with Crippen molar-refractivity contribution in [2.75, 3.05) is 31.1 Å². The van der Waals surface area contributed by atoms with Gasteiger partial charge in [-0.1, -0.05) is 11.6 Å². The van der Waals surface area contributed by atoms with Gasteiger partial charge in [0.2, 0.25) is 5.91 Å². The molecular formula is C21H23ClF3N5O2. The number of pyridine rings is 1. The van der Waals surface area contributed by atoms with Gasteiger partial charge in [-0.25, -0.2) is 4.98 Å². The lowest BCUT2D eigenvalue weighted by Gasteiger charge is -2.36. The number of carbonyl (C=O) groups is 1. The lowest BCUT2D eigenvalue weighted by atomic mass is 9.94.